The van der Waals surface area contributed by atoms with Gasteiger partial charge in [0.25, 0.3) is 5.91 Å². The van der Waals surface area contributed by atoms with Crippen LogP contribution < -0.4 is 5.32 Å². The molecule has 0 aliphatic carbocycles. The number of nitrogens with one attached hydrogen (secondary N) is 1. The number of hydrogen-bond donors (Lipinski definition) is 1. The second-order valence-corrected chi connectivity index (χ2v) is 6.86. The number of carbonyl (C=O) groups excluding carboxylic acids is 1. The molecule has 26 heavy (non-hydrogen) atoms. The molecule has 0 radical (unpaired) electrons. The van der Waals surface area contributed by atoms with Crippen molar-refractivity contribution in [2.75, 3.05) is 5.32 Å². The van der Waals surface area contributed by atoms with Crippen LogP contribution in [0, 0.1) is 0 Å². The number of benzene rings is 2. The third-order valence-corrected chi connectivity index (χ3v) is 4.81. The van der Waals surface area contributed by atoms with Crippen LogP contribution in [0.4, 0.5) is 5.13 Å². The maximum absolute atomic E-state index is 12.4. The van der Waals surface area contributed by atoms with Gasteiger partial charge in [-0.05, 0) is 35.9 Å². The number of hydrogen-bond acceptors (Lipinski definition) is 4. The summed E-state index contributed by atoms with van der Waals surface area (Å²) in [6.07, 6.45) is 6.20. The first kappa shape index (κ1) is 16.2. The largest absolute Gasteiger partial charge is 0.298 e. The van der Waals surface area contributed by atoms with Crippen molar-refractivity contribution in [3.05, 3.63) is 95.3 Å². The van der Waals surface area contributed by atoms with Crippen molar-refractivity contribution >= 4 is 22.4 Å². The Balaban J connectivity index is 1.42. The lowest BCUT2D eigenvalue weighted by atomic mass is 10.1. The van der Waals surface area contributed by atoms with Gasteiger partial charge in [-0.15, -0.1) is 11.3 Å². The maximum atomic E-state index is 12.4. The zero-order chi connectivity index (χ0) is 17.8. The van der Waals surface area contributed by atoms with Crippen LogP contribution in [0.15, 0.2) is 79.3 Å². The molecule has 0 fully saturated rings. The average molecular weight is 360 g/mol. The zero-order valence-electron chi connectivity index (χ0n) is 13.9. The Morgan fingerprint density at radius 2 is 1.85 bits per heavy atom. The molecular weight excluding hydrogens is 344 g/mol. The van der Waals surface area contributed by atoms with Gasteiger partial charge < -0.3 is 0 Å². The maximum Gasteiger partial charge on any atom is 0.257 e. The van der Waals surface area contributed by atoms with E-state index in [1.165, 1.54) is 16.9 Å². The van der Waals surface area contributed by atoms with Crippen LogP contribution in [-0.2, 0) is 6.42 Å². The summed E-state index contributed by atoms with van der Waals surface area (Å²) in [6, 6.07) is 19.4. The number of rotatable bonds is 5. The highest BCUT2D eigenvalue weighted by atomic mass is 32.1. The van der Waals surface area contributed by atoms with Gasteiger partial charge in [-0.3, -0.25) is 10.1 Å². The third kappa shape index (κ3) is 3.70. The summed E-state index contributed by atoms with van der Waals surface area (Å²) < 4.78 is 1.75. The zero-order valence-corrected chi connectivity index (χ0v) is 14.7. The van der Waals surface area contributed by atoms with E-state index in [1.54, 1.807) is 23.0 Å². The van der Waals surface area contributed by atoms with Crippen LogP contribution in [0.25, 0.3) is 5.69 Å². The van der Waals surface area contributed by atoms with Gasteiger partial charge >= 0.3 is 0 Å². The van der Waals surface area contributed by atoms with Gasteiger partial charge in [-0.1, -0.05) is 30.3 Å². The molecule has 2 aromatic carbocycles. The predicted octanol–water partition coefficient (Wildman–Crippen LogP) is 4.17. The third-order valence-electron chi connectivity index (χ3n) is 3.89. The van der Waals surface area contributed by atoms with Crippen molar-refractivity contribution in [2.24, 2.45) is 0 Å². The van der Waals surface area contributed by atoms with E-state index in [1.807, 2.05) is 48.8 Å². The summed E-state index contributed by atoms with van der Waals surface area (Å²) in [5.74, 6) is -0.169. The minimum Gasteiger partial charge on any atom is -0.298 e. The van der Waals surface area contributed by atoms with Crippen LogP contribution in [0.1, 0.15) is 20.8 Å². The quantitative estimate of drug-likeness (QED) is 0.581. The topological polar surface area (TPSA) is 59.8 Å². The van der Waals surface area contributed by atoms with Crippen LogP contribution in [-0.4, -0.2) is 20.7 Å². The number of carbonyl (C=O) groups is 1. The van der Waals surface area contributed by atoms with E-state index >= 15 is 0 Å². The van der Waals surface area contributed by atoms with E-state index in [-0.39, 0.29) is 5.91 Å². The number of aromatic nitrogens is 3. The number of nitrogens with zero attached hydrogens (tertiary/aromatic N) is 3. The molecule has 5 nitrogen and oxygen atoms in total. The summed E-state index contributed by atoms with van der Waals surface area (Å²) in [5, 5.41) is 7.65. The Bertz CT molecular complexity index is 992. The Morgan fingerprint density at radius 3 is 2.58 bits per heavy atom. The summed E-state index contributed by atoms with van der Waals surface area (Å²) in [4.78, 5) is 17.8. The van der Waals surface area contributed by atoms with Crippen LogP contribution in [0.3, 0.4) is 0 Å². The van der Waals surface area contributed by atoms with Gasteiger partial charge in [0.2, 0.25) is 0 Å². The summed E-state index contributed by atoms with van der Waals surface area (Å²) in [5.41, 5.74) is 2.72. The Kier molecular flexibility index (Phi) is 4.57. The monoisotopic (exact) mass is 360 g/mol. The Morgan fingerprint density at radius 1 is 1.04 bits per heavy atom. The standard InChI is InChI=1S/C20H16N4OS/c25-19(16-7-9-17(10-8-16)24-12-4-11-22-24)23-20-21-14-18(26-20)13-15-5-2-1-3-6-15/h1-12,14H,13H2,(H,21,23,25). The fourth-order valence-electron chi connectivity index (χ4n) is 2.60. The van der Waals surface area contributed by atoms with Crippen molar-refractivity contribution in [2.45, 2.75) is 6.42 Å². The summed E-state index contributed by atoms with van der Waals surface area (Å²) >= 11 is 1.49. The fraction of sp³-hybridized carbons (Fsp3) is 0.0500. The molecule has 1 N–H and O–H groups in total. The van der Waals surface area contributed by atoms with Gasteiger partial charge in [0.15, 0.2) is 5.13 Å². The first-order valence-corrected chi connectivity index (χ1v) is 9.00. The molecular formula is C20H16N4OS. The van der Waals surface area contributed by atoms with E-state index in [4.69, 9.17) is 0 Å². The molecule has 2 aromatic heterocycles. The number of thiazole rings is 1. The van der Waals surface area contributed by atoms with E-state index in [2.05, 4.69) is 27.5 Å². The molecule has 0 bridgehead atoms. The molecule has 4 rings (SSSR count). The Hall–Kier alpha value is -3.25. The second kappa shape index (κ2) is 7.33. The smallest absolute Gasteiger partial charge is 0.257 e. The van der Waals surface area contributed by atoms with Crippen LogP contribution >= 0.6 is 11.3 Å². The van der Waals surface area contributed by atoms with Crippen molar-refractivity contribution < 1.29 is 4.79 Å². The van der Waals surface area contributed by atoms with Gasteiger partial charge in [0, 0.05) is 35.5 Å². The van der Waals surface area contributed by atoms with Crippen LogP contribution in [0.5, 0.6) is 0 Å². The summed E-state index contributed by atoms with van der Waals surface area (Å²) in [6.45, 7) is 0. The normalized spacial score (nSPS) is 10.6. The van der Waals surface area contributed by atoms with E-state index in [0.717, 1.165) is 17.0 Å². The number of anilines is 1. The van der Waals surface area contributed by atoms with Gasteiger partial charge in [-0.2, -0.15) is 5.10 Å². The molecule has 128 valence electrons. The van der Waals surface area contributed by atoms with Gasteiger partial charge in [-0.25, -0.2) is 9.67 Å². The minimum absolute atomic E-state index is 0.169. The molecule has 2 heterocycles. The molecule has 0 aliphatic heterocycles. The first-order valence-electron chi connectivity index (χ1n) is 8.18. The van der Waals surface area contributed by atoms with E-state index < -0.39 is 0 Å². The molecule has 0 saturated carbocycles. The lowest BCUT2D eigenvalue weighted by Gasteiger charge is -2.04. The van der Waals surface area contributed by atoms with E-state index in [0.29, 0.717) is 10.7 Å². The fourth-order valence-corrected chi connectivity index (χ4v) is 3.44. The first-order chi connectivity index (χ1) is 12.8. The highest BCUT2D eigenvalue weighted by Crippen LogP contribution is 2.22. The Labute approximate surface area is 155 Å². The van der Waals surface area contributed by atoms with Crippen molar-refractivity contribution in [1.29, 1.82) is 0 Å². The van der Waals surface area contributed by atoms with Crippen molar-refractivity contribution in [3.8, 4) is 5.69 Å². The lowest BCUT2D eigenvalue weighted by molar-refractivity contribution is 0.102. The lowest BCUT2D eigenvalue weighted by Crippen LogP contribution is -2.11. The van der Waals surface area contributed by atoms with Gasteiger partial charge in [0.1, 0.15) is 0 Å². The molecule has 4 aromatic rings. The predicted molar refractivity (Wildman–Crippen MR) is 103 cm³/mol. The van der Waals surface area contributed by atoms with Gasteiger partial charge in [0.05, 0.1) is 5.69 Å². The number of amides is 1. The molecule has 0 aliphatic rings. The average Bonchev–Trinajstić information content (AvgIpc) is 3.35. The van der Waals surface area contributed by atoms with E-state index in [9.17, 15) is 4.79 Å². The second-order valence-electron chi connectivity index (χ2n) is 5.75. The molecule has 0 spiro atoms. The highest BCUT2D eigenvalue weighted by molar-refractivity contribution is 7.15. The molecule has 1 amide bonds. The van der Waals surface area contributed by atoms with Crippen molar-refractivity contribution in [1.82, 2.24) is 14.8 Å². The SMILES string of the molecule is O=C(Nc1ncc(Cc2ccccc2)s1)c1ccc(-n2cccn2)cc1. The molecule has 0 saturated heterocycles. The molecule has 6 heteroatoms. The summed E-state index contributed by atoms with van der Waals surface area (Å²) in [7, 11) is 0. The molecule has 0 atom stereocenters. The minimum atomic E-state index is -0.169. The van der Waals surface area contributed by atoms with Crippen LogP contribution in [0.2, 0.25) is 0 Å². The highest BCUT2D eigenvalue weighted by Gasteiger charge is 2.10. The molecule has 0 unspecified atom stereocenters. The van der Waals surface area contributed by atoms with Crippen molar-refractivity contribution in [3.63, 3.8) is 0 Å².